The number of nitrogens with two attached hydrogens (primary N) is 2. The van der Waals surface area contributed by atoms with Crippen LogP contribution in [0.3, 0.4) is 0 Å². The molecule has 0 saturated heterocycles. The van der Waals surface area contributed by atoms with Crippen molar-refractivity contribution in [2.45, 2.75) is 6.10 Å². The quantitative estimate of drug-likeness (QED) is 0.467. The van der Waals surface area contributed by atoms with Crippen molar-refractivity contribution >= 4 is 34.5 Å². The molecule has 0 aliphatic heterocycles. The lowest BCUT2D eigenvalue weighted by molar-refractivity contribution is -0.122. The van der Waals surface area contributed by atoms with E-state index in [0.717, 1.165) is 0 Å². The molecule has 1 heterocycles. The van der Waals surface area contributed by atoms with Crippen LogP contribution in [0, 0.1) is 6.42 Å². The van der Waals surface area contributed by atoms with Gasteiger partial charge in [0.1, 0.15) is 6.10 Å². The Morgan fingerprint density at radius 1 is 1.24 bits per heavy atom. The topological polar surface area (TPSA) is 147 Å². The van der Waals surface area contributed by atoms with Gasteiger partial charge in [-0.15, -0.1) is 0 Å². The largest absolute Gasteiger partial charge is 0.383 e. The van der Waals surface area contributed by atoms with Gasteiger partial charge < -0.3 is 26.9 Å². The van der Waals surface area contributed by atoms with E-state index < -0.39 is 17.9 Å². The fraction of sp³-hybridized carbons (Fsp3) is 0.0588. The molecule has 8 nitrogen and oxygen atoms in total. The molecule has 1 atom stereocenters. The van der Waals surface area contributed by atoms with Crippen molar-refractivity contribution in [1.82, 2.24) is 9.97 Å². The average Bonchev–Trinajstić information content (AvgIpc) is 2.94. The Bertz CT molecular complexity index is 950. The Labute approximate surface area is 142 Å². The molecule has 0 bridgehead atoms. The molecule has 25 heavy (non-hydrogen) atoms. The molecule has 3 rings (SSSR count). The molecular formula is C17H16N5O3. The maximum atomic E-state index is 12.2. The van der Waals surface area contributed by atoms with Gasteiger partial charge in [-0.25, -0.2) is 4.98 Å². The number of nitrogens with zero attached hydrogens (tertiary/aromatic N) is 1. The van der Waals surface area contributed by atoms with Gasteiger partial charge in [0.15, 0.2) is 5.95 Å². The number of carbonyl (C=O) groups is 2. The van der Waals surface area contributed by atoms with Crippen LogP contribution in [0.15, 0.2) is 42.5 Å². The first-order valence-electron chi connectivity index (χ1n) is 7.42. The lowest BCUT2D eigenvalue weighted by Crippen LogP contribution is -2.29. The fourth-order valence-electron chi connectivity index (χ4n) is 2.44. The number of amides is 2. The van der Waals surface area contributed by atoms with Crippen molar-refractivity contribution in [3.05, 3.63) is 60.0 Å². The highest BCUT2D eigenvalue weighted by Crippen LogP contribution is 2.19. The zero-order chi connectivity index (χ0) is 18.0. The van der Waals surface area contributed by atoms with E-state index in [2.05, 4.69) is 15.3 Å². The maximum Gasteiger partial charge on any atom is 0.253 e. The highest BCUT2D eigenvalue weighted by Gasteiger charge is 2.19. The number of benzene rings is 2. The number of aliphatic hydroxyl groups excluding tert-OH is 1. The Hall–Kier alpha value is -3.39. The molecule has 8 heteroatoms. The van der Waals surface area contributed by atoms with Gasteiger partial charge >= 0.3 is 0 Å². The Morgan fingerprint density at radius 3 is 2.76 bits per heavy atom. The minimum Gasteiger partial charge on any atom is -0.383 e. The summed E-state index contributed by atoms with van der Waals surface area (Å²) >= 11 is 0. The second kappa shape index (κ2) is 6.62. The van der Waals surface area contributed by atoms with E-state index >= 15 is 0 Å². The van der Waals surface area contributed by atoms with E-state index in [1.165, 1.54) is 12.5 Å². The first-order valence-corrected chi connectivity index (χ1v) is 7.42. The monoisotopic (exact) mass is 338 g/mol. The van der Waals surface area contributed by atoms with Crippen LogP contribution in [0.1, 0.15) is 15.9 Å². The smallest absolute Gasteiger partial charge is 0.253 e. The van der Waals surface area contributed by atoms with E-state index in [1.807, 2.05) is 0 Å². The number of hydrogen-bond acceptors (Lipinski definition) is 5. The number of aromatic nitrogens is 2. The minimum absolute atomic E-state index is 0.226. The van der Waals surface area contributed by atoms with Crippen LogP contribution in [0.25, 0.3) is 11.0 Å². The van der Waals surface area contributed by atoms with Gasteiger partial charge in [-0.3, -0.25) is 9.59 Å². The lowest BCUT2D eigenvalue weighted by Gasteiger charge is -2.13. The molecule has 127 valence electrons. The molecular weight excluding hydrogens is 322 g/mol. The number of carbonyl (C=O) groups excluding carboxylic acids is 2. The number of aliphatic hydroxyl groups is 1. The van der Waals surface area contributed by atoms with Gasteiger partial charge in [0.05, 0.1) is 11.0 Å². The third-order valence-corrected chi connectivity index (χ3v) is 3.60. The molecule has 3 aromatic rings. The van der Waals surface area contributed by atoms with Crippen LogP contribution in [-0.4, -0.2) is 33.0 Å². The van der Waals surface area contributed by atoms with Crippen LogP contribution >= 0.6 is 0 Å². The fourth-order valence-corrected chi connectivity index (χ4v) is 2.44. The number of hydrogen-bond donors (Lipinski definition) is 5. The first kappa shape index (κ1) is 16.5. The van der Waals surface area contributed by atoms with Gasteiger partial charge in [-0.1, -0.05) is 18.2 Å². The third kappa shape index (κ3) is 3.59. The second-order valence-corrected chi connectivity index (χ2v) is 5.41. The molecule has 0 fully saturated rings. The number of H-pyrrole nitrogens is 1. The number of anilines is 2. The summed E-state index contributed by atoms with van der Waals surface area (Å²) in [6.07, 6.45) is -0.190. The van der Waals surface area contributed by atoms with Crippen LogP contribution < -0.4 is 16.8 Å². The Morgan fingerprint density at radius 2 is 2.00 bits per heavy atom. The van der Waals surface area contributed by atoms with Crippen LogP contribution in [0.5, 0.6) is 0 Å². The Kier molecular flexibility index (Phi) is 4.36. The van der Waals surface area contributed by atoms with E-state index in [-0.39, 0.29) is 11.5 Å². The summed E-state index contributed by atoms with van der Waals surface area (Å²) in [7, 11) is 0. The zero-order valence-electron chi connectivity index (χ0n) is 13.1. The molecule has 2 aromatic carbocycles. The SMILES string of the molecule is NC(=O)c1ccccc1[CH]C(O)C(=O)Nc1ccc2nc(N)[nH]c2c1. The number of nitrogens with one attached hydrogen (secondary N) is 2. The van der Waals surface area contributed by atoms with Crippen LogP contribution in [0.2, 0.25) is 0 Å². The van der Waals surface area contributed by atoms with Crippen LogP contribution in [-0.2, 0) is 4.79 Å². The predicted molar refractivity (Wildman–Crippen MR) is 93.5 cm³/mol. The summed E-state index contributed by atoms with van der Waals surface area (Å²) in [4.78, 5) is 30.5. The number of fused-ring (bicyclic) bond motifs is 1. The molecule has 1 radical (unpaired) electrons. The lowest BCUT2D eigenvalue weighted by atomic mass is 10.0. The number of rotatable bonds is 5. The Balaban J connectivity index is 1.72. The predicted octanol–water partition coefficient (Wildman–Crippen LogP) is 0.796. The number of primary amides is 1. The summed E-state index contributed by atoms with van der Waals surface area (Å²) < 4.78 is 0. The van der Waals surface area contributed by atoms with Gasteiger partial charge in [0.2, 0.25) is 5.91 Å². The zero-order valence-corrected chi connectivity index (χ0v) is 13.1. The number of aromatic amines is 1. The first-order chi connectivity index (χ1) is 11.9. The van der Waals surface area contributed by atoms with E-state index in [4.69, 9.17) is 11.5 Å². The number of nitrogen functional groups attached to an aromatic ring is 1. The van der Waals surface area contributed by atoms with Gasteiger partial charge in [0.25, 0.3) is 5.91 Å². The summed E-state index contributed by atoms with van der Waals surface area (Å²) in [5.41, 5.74) is 13.3. The highest BCUT2D eigenvalue weighted by atomic mass is 16.3. The summed E-state index contributed by atoms with van der Waals surface area (Å²) in [6.45, 7) is 0. The number of imidazole rings is 1. The van der Waals surface area contributed by atoms with E-state index in [0.29, 0.717) is 22.3 Å². The summed E-state index contributed by atoms with van der Waals surface area (Å²) in [6, 6.07) is 11.4. The molecule has 0 aliphatic rings. The van der Waals surface area contributed by atoms with Crippen molar-refractivity contribution in [1.29, 1.82) is 0 Å². The van der Waals surface area contributed by atoms with Crippen molar-refractivity contribution < 1.29 is 14.7 Å². The van der Waals surface area contributed by atoms with Gasteiger partial charge in [-0.2, -0.15) is 0 Å². The van der Waals surface area contributed by atoms with E-state index in [9.17, 15) is 14.7 Å². The summed E-state index contributed by atoms with van der Waals surface area (Å²) in [5, 5.41) is 12.7. The van der Waals surface area contributed by atoms with Crippen molar-refractivity contribution in [2.75, 3.05) is 11.1 Å². The molecule has 0 aliphatic carbocycles. The van der Waals surface area contributed by atoms with Crippen molar-refractivity contribution in [3.8, 4) is 0 Å². The van der Waals surface area contributed by atoms with E-state index in [1.54, 1.807) is 36.4 Å². The average molecular weight is 338 g/mol. The van der Waals surface area contributed by atoms with Gasteiger partial charge in [0, 0.05) is 17.7 Å². The molecule has 0 saturated carbocycles. The normalized spacial score (nSPS) is 12.0. The molecule has 0 spiro atoms. The second-order valence-electron chi connectivity index (χ2n) is 5.41. The van der Waals surface area contributed by atoms with Crippen LogP contribution in [0.4, 0.5) is 11.6 Å². The molecule has 1 aromatic heterocycles. The van der Waals surface area contributed by atoms with Crippen molar-refractivity contribution in [2.24, 2.45) is 5.73 Å². The highest BCUT2D eigenvalue weighted by molar-refractivity contribution is 5.98. The van der Waals surface area contributed by atoms with Gasteiger partial charge in [-0.05, 0) is 29.8 Å². The standard InChI is InChI=1S/C17H16N5O3/c18-15(24)11-4-2-1-3-9(11)7-14(23)16(25)20-10-5-6-12-13(8-10)22-17(19)21-12/h1-8,14,23H,(H2,18,24)(H,20,25)(H3,19,21,22). The summed E-state index contributed by atoms with van der Waals surface area (Å²) in [5.74, 6) is -1.01. The minimum atomic E-state index is -1.46. The van der Waals surface area contributed by atoms with Crippen molar-refractivity contribution in [3.63, 3.8) is 0 Å². The third-order valence-electron chi connectivity index (χ3n) is 3.60. The molecule has 2 amide bonds. The molecule has 7 N–H and O–H groups in total. The maximum absolute atomic E-state index is 12.2. The molecule has 1 unspecified atom stereocenters.